The van der Waals surface area contributed by atoms with Gasteiger partial charge in [0.1, 0.15) is 5.60 Å². The van der Waals surface area contributed by atoms with E-state index in [9.17, 15) is 5.11 Å². The van der Waals surface area contributed by atoms with E-state index in [0.29, 0.717) is 0 Å². The van der Waals surface area contributed by atoms with Gasteiger partial charge in [0.15, 0.2) is 0 Å². The Labute approximate surface area is 130 Å². The smallest absolute Gasteiger partial charge is 0.106 e. The molecule has 2 rings (SSSR count). The van der Waals surface area contributed by atoms with Gasteiger partial charge in [-0.15, -0.1) is 0 Å². The fourth-order valence-corrected chi connectivity index (χ4v) is 2.34. The molecule has 0 unspecified atom stereocenters. The highest BCUT2D eigenvalue weighted by atomic mass is 32.2. The number of benzene rings is 1. The summed E-state index contributed by atoms with van der Waals surface area (Å²) in [7, 11) is 0. The molecule has 1 N–H and O–H groups in total. The maximum Gasteiger partial charge on any atom is 0.106 e. The van der Waals surface area contributed by atoms with E-state index >= 15 is 0 Å². The molecule has 0 aliphatic rings. The molecule has 2 aromatic rings. The fraction of sp³-hybridized carbons (Fsp3) is 0.353. The van der Waals surface area contributed by atoms with Crippen LogP contribution in [0.2, 0.25) is 0 Å². The number of hydrogen-bond donors (Lipinski definition) is 1. The van der Waals surface area contributed by atoms with Gasteiger partial charge in [-0.3, -0.25) is 4.98 Å². The Kier molecular flexibility index (Phi) is 4.71. The standard InChI is InChI=1S/C17H21NO2S/c1-16(2,19)17(3,4)20-21-15-7-5-6-14(12-15)13-8-10-18-11-9-13/h5-12,19H,1-4H3. The van der Waals surface area contributed by atoms with Gasteiger partial charge in [-0.1, -0.05) is 12.1 Å². The largest absolute Gasteiger partial charge is 0.387 e. The van der Waals surface area contributed by atoms with Crippen LogP contribution < -0.4 is 0 Å². The lowest BCUT2D eigenvalue weighted by atomic mass is 9.90. The van der Waals surface area contributed by atoms with Crippen LogP contribution in [0.3, 0.4) is 0 Å². The van der Waals surface area contributed by atoms with E-state index in [1.807, 2.05) is 38.1 Å². The average Bonchev–Trinajstić information content (AvgIpc) is 2.45. The Morgan fingerprint density at radius 3 is 2.29 bits per heavy atom. The molecule has 3 nitrogen and oxygen atoms in total. The van der Waals surface area contributed by atoms with Crippen LogP contribution in [0, 0.1) is 0 Å². The van der Waals surface area contributed by atoms with Crippen molar-refractivity contribution in [1.82, 2.24) is 4.98 Å². The maximum atomic E-state index is 10.1. The molecular weight excluding hydrogens is 282 g/mol. The van der Waals surface area contributed by atoms with E-state index < -0.39 is 11.2 Å². The normalized spacial score (nSPS) is 12.4. The highest BCUT2D eigenvalue weighted by Crippen LogP contribution is 2.34. The molecule has 4 heteroatoms. The van der Waals surface area contributed by atoms with Crippen LogP contribution in [0.5, 0.6) is 0 Å². The Balaban J connectivity index is 2.13. The molecule has 0 aliphatic heterocycles. The van der Waals surface area contributed by atoms with Gasteiger partial charge < -0.3 is 9.29 Å². The second kappa shape index (κ2) is 6.18. The predicted molar refractivity (Wildman–Crippen MR) is 87.0 cm³/mol. The number of aromatic nitrogens is 1. The van der Waals surface area contributed by atoms with Crippen molar-refractivity contribution in [3.05, 3.63) is 48.8 Å². The van der Waals surface area contributed by atoms with Gasteiger partial charge in [0.2, 0.25) is 0 Å². The van der Waals surface area contributed by atoms with Crippen molar-refractivity contribution in [1.29, 1.82) is 0 Å². The van der Waals surface area contributed by atoms with E-state index in [-0.39, 0.29) is 0 Å². The molecule has 112 valence electrons. The van der Waals surface area contributed by atoms with Crippen molar-refractivity contribution in [2.24, 2.45) is 0 Å². The number of aliphatic hydroxyl groups is 1. The third-order valence-electron chi connectivity index (χ3n) is 3.67. The monoisotopic (exact) mass is 303 g/mol. The topological polar surface area (TPSA) is 42.4 Å². The summed E-state index contributed by atoms with van der Waals surface area (Å²) in [6, 6.07) is 12.1. The molecule has 1 heterocycles. The van der Waals surface area contributed by atoms with Crippen LogP contribution in [0.4, 0.5) is 0 Å². The molecular formula is C17H21NO2S. The van der Waals surface area contributed by atoms with Crippen molar-refractivity contribution in [2.75, 3.05) is 0 Å². The first-order valence-electron chi connectivity index (χ1n) is 6.88. The van der Waals surface area contributed by atoms with Crippen molar-refractivity contribution in [2.45, 2.75) is 43.8 Å². The lowest BCUT2D eigenvalue weighted by molar-refractivity contribution is -0.0813. The van der Waals surface area contributed by atoms with Crippen molar-refractivity contribution < 1.29 is 9.29 Å². The van der Waals surface area contributed by atoms with E-state index in [0.717, 1.165) is 16.0 Å². The molecule has 1 aromatic carbocycles. The first kappa shape index (κ1) is 16.0. The van der Waals surface area contributed by atoms with E-state index in [1.165, 1.54) is 12.0 Å². The first-order chi connectivity index (χ1) is 9.79. The molecule has 21 heavy (non-hydrogen) atoms. The maximum absolute atomic E-state index is 10.1. The van der Waals surface area contributed by atoms with Gasteiger partial charge in [0.25, 0.3) is 0 Å². The minimum absolute atomic E-state index is 0.648. The predicted octanol–water partition coefficient (Wildman–Crippen LogP) is 4.32. The zero-order valence-corrected chi connectivity index (χ0v) is 13.6. The number of hydrogen-bond acceptors (Lipinski definition) is 4. The molecule has 0 aliphatic carbocycles. The molecule has 0 amide bonds. The van der Waals surface area contributed by atoms with Gasteiger partial charge in [0.05, 0.1) is 5.60 Å². The highest BCUT2D eigenvalue weighted by molar-refractivity contribution is 7.94. The summed E-state index contributed by atoms with van der Waals surface area (Å²) in [5.41, 5.74) is 0.675. The second-order valence-electron chi connectivity index (χ2n) is 6.00. The van der Waals surface area contributed by atoms with Crippen molar-refractivity contribution in [3.8, 4) is 11.1 Å². The highest BCUT2D eigenvalue weighted by Gasteiger charge is 2.36. The quantitative estimate of drug-likeness (QED) is 0.835. The van der Waals surface area contributed by atoms with Crippen LogP contribution in [-0.2, 0) is 4.18 Å². The molecule has 1 aromatic heterocycles. The molecule has 0 saturated heterocycles. The summed E-state index contributed by atoms with van der Waals surface area (Å²) in [4.78, 5) is 5.03. The van der Waals surface area contributed by atoms with Crippen LogP contribution in [-0.4, -0.2) is 21.3 Å². The van der Waals surface area contributed by atoms with Crippen molar-refractivity contribution >= 4 is 12.0 Å². The molecule has 0 atom stereocenters. The zero-order valence-electron chi connectivity index (χ0n) is 12.8. The molecule has 0 radical (unpaired) electrons. The number of nitrogens with zero attached hydrogens (tertiary/aromatic N) is 1. The fourth-order valence-electron chi connectivity index (χ4n) is 1.53. The summed E-state index contributed by atoms with van der Waals surface area (Å²) in [6.45, 7) is 7.27. The van der Waals surface area contributed by atoms with Gasteiger partial charge in [-0.05, 0) is 63.1 Å². The lowest BCUT2D eigenvalue weighted by Gasteiger charge is -2.35. The molecule has 0 bridgehead atoms. The number of rotatable bonds is 5. The minimum atomic E-state index is -0.914. The first-order valence-corrected chi connectivity index (χ1v) is 7.62. The SMILES string of the molecule is CC(C)(O)C(C)(C)OSc1cccc(-c2ccncc2)c1. The van der Waals surface area contributed by atoms with Gasteiger partial charge >= 0.3 is 0 Å². The lowest BCUT2D eigenvalue weighted by Crippen LogP contribution is -2.45. The summed E-state index contributed by atoms with van der Waals surface area (Å²) in [5.74, 6) is 0. The Hall–Kier alpha value is -1.36. The third kappa shape index (κ3) is 4.06. The molecule has 0 fully saturated rings. The van der Waals surface area contributed by atoms with Crippen LogP contribution in [0.25, 0.3) is 11.1 Å². The van der Waals surface area contributed by atoms with E-state index in [2.05, 4.69) is 17.1 Å². The van der Waals surface area contributed by atoms with Gasteiger partial charge in [-0.2, -0.15) is 0 Å². The Morgan fingerprint density at radius 2 is 1.67 bits per heavy atom. The Morgan fingerprint density at radius 1 is 1.00 bits per heavy atom. The van der Waals surface area contributed by atoms with Crippen molar-refractivity contribution in [3.63, 3.8) is 0 Å². The summed E-state index contributed by atoms with van der Waals surface area (Å²) in [5, 5.41) is 10.1. The van der Waals surface area contributed by atoms with Crippen LogP contribution >= 0.6 is 12.0 Å². The average molecular weight is 303 g/mol. The summed E-state index contributed by atoms with van der Waals surface area (Å²) in [6.07, 6.45) is 3.56. The van der Waals surface area contributed by atoms with Gasteiger partial charge in [0, 0.05) is 29.3 Å². The zero-order chi connectivity index (χ0) is 15.5. The summed E-state index contributed by atoms with van der Waals surface area (Å²) >= 11 is 1.29. The summed E-state index contributed by atoms with van der Waals surface area (Å²) < 4.78 is 5.83. The molecule has 0 spiro atoms. The van der Waals surface area contributed by atoms with E-state index in [4.69, 9.17) is 4.18 Å². The van der Waals surface area contributed by atoms with Crippen LogP contribution in [0.15, 0.2) is 53.7 Å². The molecule has 0 saturated carbocycles. The van der Waals surface area contributed by atoms with Gasteiger partial charge in [-0.25, -0.2) is 0 Å². The number of pyridine rings is 1. The van der Waals surface area contributed by atoms with E-state index in [1.54, 1.807) is 26.2 Å². The Bertz CT molecular complexity index is 591. The van der Waals surface area contributed by atoms with Crippen LogP contribution in [0.1, 0.15) is 27.7 Å². The minimum Gasteiger partial charge on any atom is -0.387 e. The third-order valence-corrected chi connectivity index (χ3v) is 4.61. The second-order valence-corrected chi connectivity index (χ2v) is 6.80.